The zero-order valence-corrected chi connectivity index (χ0v) is 17.6. The van der Waals surface area contributed by atoms with Crippen LogP contribution >= 0.6 is 11.3 Å². The number of carbonyl (C=O) groups is 2. The fourth-order valence-electron chi connectivity index (χ4n) is 2.68. The molecule has 6 heteroatoms. The predicted octanol–water partition coefficient (Wildman–Crippen LogP) is 4.14. The first-order valence-electron chi connectivity index (χ1n) is 9.35. The second-order valence-electron chi connectivity index (χ2n) is 7.62. The fourth-order valence-corrected chi connectivity index (χ4v) is 3.47. The summed E-state index contributed by atoms with van der Waals surface area (Å²) < 4.78 is 0. The van der Waals surface area contributed by atoms with Crippen molar-refractivity contribution in [2.75, 3.05) is 13.1 Å². The molecular weight excluding hydrogens is 358 g/mol. The first-order valence-corrected chi connectivity index (χ1v) is 10.2. The Bertz CT molecular complexity index is 783. The molecule has 0 aliphatic carbocycles. The molecule has 0 unspecified atom stereocenters. The van der Waals surface area contributed by atoms with Gasteiger partial charge in [0.15, 0.2) is 0 Å². The Morgan fingerprint density at radius 3 is 2.48 bits per heavy atom. The van der Waals surface area contributed by atoms with Crippen molar-refractivity contribution in [3.63, 3.8) is 0 Å². The van der Waals surface area contributed by atoms with E-state index in [0.29, 0.717) is 42.7 Å². The monoisotopic (exact) mass is 387 g/mol. The normalized spacial score (nSPS) is 11.1. The molecule has 0 aliphatic rings. The third kappa shape index (κ3) is 6.17. The van der Waals surface area contributed by atoms with E-state index >= 15 is 0 Å². The third-order valence-electron chi connectivity index (χ3n) is 4.03. The van der Waals surface area contributed by atoms with Gasteiger partial charge in [-0.15, -0.1) is 11.3 Å². The van der Waals surface area contributed by atoms with E-state index in [1.54, 1.807) is 5.38 Å². The van der Waals surface area contributed by atoms with Gasteiger partial charge < -0.3 is 10.2 Å². The van der Waals surface area contributed by atoms with Crippen LogP contribution in [0.25, 0.3) is 0 Å². The van der Waals surface area contributed by atoms with E-state index in [1.807, 2.05) is 49.9 Å². The van der Waals surface area contributed by atoms with Gasteiger partial charge >= 0.3 is 0 Å². The van der Waals surface area contributed by atoms with Crippen molar-refractivity contribution >= 4 is 23.2 Å². The summed E-state index contributed by atoms with van der Waals surface area (Å²) in [6.45, 7) is 11.9. The van der Waals surface area contributed by atoms with Crippen LogP contribution in [-0.2, 0) is 6.54 Å². The SMILES string of the molecule is Cc1ccccc1C(=O)N(Cc1nc(C(=O)NCC(C)C)cs1)CC(C)C. The van der Waals surface area contributed by atoms with Crippen LogP contribution in [0.1, 0.15) is 59.1 Å². The summed E-state index contributed by atoms with van der Waals surface area (Å²) in [5.74, 6) is 0.571. The first kappa shape index (κ1) is 21.1. The van der Waals surface area contributed by atoms with Crippen LogP contribution in [0.2, 0.25) is 0 Å². The molecule has 1 aromatic heterocycles. The molecule has 1 heterocycles. The highest BCUT2D eigenvalue weighted by atomic mass is 32.1. The van der Waals surface area contributed by atoms with Gasteiger partial charge in [-0.3, -0.25) is 9.59 Å². The molecule has 2 aromatic rings. The molecule has 2 rings (SSSR count). The minimum atomic E-state index is -0.160. The summed E-state index contributed by atoms with van der Waals surface area (Å²) in [5, 5.41) is 5.41. The predicted molar refractivity (Wildman–Crippen MR) is 110 cm³/mol. The van der Waals surface area contributed by atoms with Crippen LogP contribution in [0.3, 0.4) is 0 Å². The van der Waals surface area contributed by atoms with Gasteiger partial charge in [0.05, 0.1) is 6.54 Å². The maximum atomic E-state index is 13.0. The van der Waals surface area contributed by atoms with Crippen LogP contribution in [-0.4, -0.2) is 34.8 Å². The van der Waals surface area contributed by atoms with Crippen LogP contribution in [0.5, 0.6) is 0 Å². The number of rotatable bonds is 8. The molecule has 27 heavy (non-hydrogen) atoms. The van der Waals surface area contributed by atoms with E-state index in [2.05, 4.69) is 24.1 Å². The summed E-state index contributed by atoms with van der Waals surface area (Å²) in [6.07, 6.45) is 0. The van der Waals surface area contributed by atoms with Crippen molar-refractivity contribution in [3.8, 4) is 0 Å². The molecule has 0 aliphatic heterocycles. The minimum Gasteiger partial charge on any atom is -0.350 e. The smallest absolute Gasteiger partial charge is 0.270 e. The van der Waals surface area contributed by atoms with Gasteiger partial charge in [0.2, 0.25) is 0 Å². The number of amides is 2. The molecule has 0 saturated carbocycles. The number of aromatic nitrogens is 1. The number of hydrogen-bond acceptors (Lipinski definition) is 4. The molecule has 146 valence electrons. The summed E-state index contributed by atoms with van der Waals surface area (Å²) in [7, 11) is 0. The number of aryl methyl sites for hydroxylation is 1. The van der Waals surface area contributed by atoms with E-state index in [1.165, 1.54) is 11.3 Å². The molecule has 1 N–H and O–H groups in total. The second-order valence-corrected chi connectivity index (χ2v) is 8.57. The number of nitrogens with one attached hydrogen (secondary N) is 1. The van der Waals surface area contributed by atoms with Crippen molar-refractivity contribution in [2.24, 2.45) is 11.8 Å². The van der Waals surface area contributed by atoms with E-state index in [4.69, 9.17) is 0 Å². The lowest BCUT2D eigenvalue weighted by molar-refractivity contribution is 0.0721. The van der Waals surface area contributed by atoms with E-state index in [-0.39, 0.29) is 11.8 Å². The zero-order valence-electron chi connectivity index (χ0n) is 16.8. The maximum Gasteiger partial charge on any atom is 0.270 e. The van der Waals surface area contributed by atoms with Gasteiger partial charge in [0.25, 0.3) is 11.8 Å². The highest BCUT2D eigenvalue weighted by molar-refractivity contribution is 7.09. The summed E-state index contributed by atoms with van der Waals surface area (Å²) in [4.78, 5) is 31.5. The molecule has 1 aromatic carbocycles. The quantitative estimate of drug-likeness (QED) is 0.741. The molecule has 0 bridgehead atoms. The van der Waals surface area contributed by atoms with Gasteiger partial charge in [-0.05, 0) is 30.4 Å². The number of thiazole rings is 1. The van der Waals surface area contributed by atoms with E-state index in [9.17, 15) is 9.59 Å². The van der Waals surface area contributed by atoms with Crippen molar-refractivity contribution < 1.29 is 9.59 Å². The zero-order chi connectivity index (χ0) is 20.0. The molecule has 0 spiro atoms. The van der Waals surface area contributed by atoms with Crippen LogP contribution < -0.4 is 5.32 Å². The van der Waals surface area contributed by atoms with Crippen molar-refractivity contribution in [3.05, 3.63) is 51.5 Å². The molecule has 5 nitrogen and oxygen atoms in total. The summed E-state index contributed by atoms with van der Waals surface area (Å²) in [6, 6.07) is 7.62. The Morgan fingerprint density at radius 1 is 1.15 bits per heavy atom. The number of carbonyl (C=O) groups excluding carboxylic acids is 2. The summed E-state index contributed by atoms with van der Waals surface area (Å²) >= 11 is 1.42. The minimum absolute atomic E-state index is 0.00260. The van der Waals surface area contributed by atoms with Gasteiger partial charge in [-0.1, -0.05) is 45.9 Å². The molecule has 2 amide bonds. The highest BCUT2D eigenvalue weighted by Crippen LogP contribution is 2.18. The largest absolute Gasteiger partial charge is 0.350 e. The molecular formula is C21H29N3O2S. The van der Waals surface area contributed by atoms with Gasteiger partial charge in [-0.2, -0.15) is 0 Å². The van der Waals surface area contributed by atoms with Crippen molar-refractivity contribution in [1.29, 1.82) is 0 Å². The van der Waals surface area contributed by atoms with Gasteiger partial charge in [-0.25, -0.2) is 4.98 Å². The van der Waals surface area contributed by atoms with Crippen LogP contribution in [0.4, 0.5) is 0 Å². The van der Waals surface area contributed by atoms with Crippen LogP contribution in [0.15, 0.2) is 29.6 Å². The lowest BCUT2D eigenvalue weighted by Crippen LogP contribution is -2.34. The molecule has 0 radical (unpaired) electrons. The lowest BCUT2D eigenvalue weighted by Gasteiger charge is -2.24. The Morgan fingerprint density at radius 2 is 1.85 bits per heavy atom. The average molecular weight is 388 g/mol. The van der Waals surface area contributed by atoms with E-state index < -0.39 is 0 Å². The molecule has 0 fully saturated rings. The fraction of sp³-hybridized carbons (Fsp3) is 0.476. The number of benzene rings is 1. The van der Waals surface area contributed by atoms with Crippen molar-refractivity contribution in [2.45, 2.75) is 41.2 Å². The van der Waals surface area contributed by atoms with Gasteiger partial charge in [0.1, 0.15) is 10.7 Å². The maximum absolute atomic E-state index is 13.0. The van der Waals surface area contributed by atoms with Crippen molar-refractivity contribution in [1.82, 2.24) is 15.2 Å². The van der Waals surface area contributed by atoms with Crippen LogP contribution in [0, 0.1) is 18.8 Å². The topological polar surface area (TPSA) is 62.3 Å². The molecule has 0 atom stereocenters. The average Bonchev–Trinajstić information content (AvgIpc) is 3.07. The number of nitrogens with zero attached hydrogens (tertiary/aromatic N) is 2. The summed E-state index contributed by atoms with van der Waals surface area (Å²) in [5.41, 5.74) is 2.09. The standard InChI is InChI=1S/C21H29N3O2S/c1-14(2)10-22-20(25)18-13-27-19(23-18)12-24(11-15(3)4)21(26)17-9-7-6-8-16(17)5/h6-9,13-15H,10-12H2,1-5H3,(H,22,25). The Balaban J connectivity index is 2.14. The third-order valence-corrected chi connectivity index (χ3v) is 4.86. The number of hydrogen-bond donors (Lipinski definition) is 1. The Kier molecular flexibility index (Phi) is 7.54. The second kappa shape index (κ2) is 9.65. The Labute approximate surface area is 165 Å². The lowest BCUT2D eigenvalue weighted by atomic mass is 10.1. The van der Waals surface area contributed by atoms with E-state index in [0.717, 1.165) is 10.6 Å². The Hall–Kier alpha value is -2.21. The highest BCUT2D eigenvalue weighted by Gasteiger charge is 2.21. The van der Waals surface area contributed by atoms with Gasteiger partial charge in [0, 0.05) is 24.0 Å². The molecule has 0 saturated heterocycles. The first-order chi connectivity index (χ1) is 12.8.